The predicted octanol–water partition coefficient (Wildman–Crippen LogP) is 2.27. The van der Waals surface area contributed by atoms with Gasteiger partial charge in [0.25, 0.3) is 0 Å². The monoisotopic (exact) mass is 217 g/mol. The van der Waals surface area contributed by atoms with E-state index in [0.717, 1.165) is 12.0 Å². The molecule has 1 rings (SSSR count). The molecule has 84 valence electrons. The third-order valence-electron chi connectivity index (χ3n) is 1.90. The van der Waals surface area contributed by atoms with Gasteiger partial charge in [0, 0.05) is 18.2 Å². The summed E-state index contributed by atoms with van der Waals surface area (Å²) in [5.74, 6) is 6.17. The van der Waals surface area contributed by atoms with Crippen LogP contribution in [0.3, 0.4) is 0 Å². The molecule has 0 N–H and O–H groups in total. The Kier molecular flexibility index (Phi) is 4.53. The van der Waals surface area contributed by atoms with Gasteiger partial charge in [-0.15, -0.1) is 0 Å². The molecule has 1 aromatic heterocycles. The molecular formula is C13H15NO2. The number of aromatic nitrogens is 1. The second kappa shape index (κ2) is 5.92. The Morgan fingerprint density at radius 1 is 1.56 bits per heavy atom. The van der Waals surface area contributed by atoms with Crippen molar-refractivity contribution in [1.82, 2.24) is 4.98 Å². The Labute approximate surface area is 95.8 Å². The second-order valence-corrected chi connectivity index (χ2v) is 3.82. The zero-order chi connectivity index (χ0) is 12.0. The molecule has 1 aromatic rings. The minimum atomic E-state index is -0.437. The van der Waals surface area contributed by atoms with Gasteiger partial charge in [-0.25, -0.2) is 9.78 Å². The lowest BCUT2D eigenvalue weighted by atomic mass is 10.1. The van der Waals surface area contributed by atoms with Crippen LogP contribution in [0.5, 0.6) is 0 Å². The maximum atomic E-state index is 11.2. The quantitative estimate of drug-likeness (QED) is 0.563. The summed E-state index contributed by atoms with van der Waals surface area (Å²) in [4.78, 5) is 15.1. The van der Waals surface area contributed by atoms with Crippen molar-refractivity contribution in [2.75, 3.05) is 7.11 Å². The van der Waals surface area contributed by atoms with Gasteiger partial charge in [-0.05, 0) is 18.1 Å². The average Bonchev–Trinajstić information content (AvgIpc) is 2.28. The number of carbonyl (C=O) groups is 1. The first-order valence-corrected chi connectivity index (χ1v) is 5.16. The lowest BCUT2D eigenvalue weighted by Crippen LogP contribution is -2.03. The number of pyridine rings is 1. The van der Waals surface area contributed by atoms with E-state index in [0.29, 0.717) is 11.6 Å². The summed E-state index contributed by atoms with van der Waals surface area (Å²) >= 11 is 0. The normalized spacial score (nSPS) is 9.50. The summed E-state index contributed by atoms with van der Waals surface area (Å²) in [6, 6.07) is 3.42. The molecular weight excluding hydrogens is 202 g/mol. The number of carbonyl (C=O) groups excluding carboxylic acids is 1. The smallest absolute Gasteiger partial charge is 0.356 e. The fourth-order valence-electron chi connectivity index (χ4n) is 1.08. The van der Waals surface area contributed by atoms with Crippen LogP contribution in [0, 0.1) is 17.8 Å². The Hall–Kier alpha value is -1.82. The molecule has 1 heterocycles. The van der Waals surface area contributed by atoms with Crippen LogP contribution in [0.15, 0.2) is 18.3 Å². The fourth-order valence-corrected chi connectivity index (χ4v) is 1.08. The van der Waals surface area contributed by atoms with Gasteiger partial charge in [0.1, 0.15) is 5.69 Å². The largest absolute Gasteiger partial charge is 0.464 e. The summed E-state index contributed by atoms with van der Waals surface area (Å²) < 4.78 is 4.58. The molecule has 0 aliphatic rings. The Morgan fingerprint density at radius 3 is 2.94 bits per heavy atom. The number of nitrogens with zero attached hydrogens (tertiary/aromatic N) is 1. The first kappa shape index (κ1) is 12.3. The van der Waals surface area contributed by atoms with Crippen LogP contribution >= 0.6 is 0 Å². The number of rotatable bonds is 2. The summed E-state index contributed by atoms with van der Waals surface area (Å²) in [6.07, 6.45) is 2.40. The van der Waals surface area contributed by atoms with E-state index in [2.05, 4.69) is 35.4 Å². The van der Waals surface area contributed by atoms with Crippen LogP contribution in [0.25, 0.3) is 0 Å². The van der Waals surface area contributed by atoms with E-state index in [9.17, 15) is 4.79 Å². The molecule has 0 atom stereocenters. The lowest BCUT2D eigenvalue weighted by molar-refractivity contribution is 0.0594. The number of ether oxygens (including phenoxy) is 1. The number of hydrogen-bond donors (Lipinski definition) is 0. The summed E-state index contributed by atoms with van der Waals surface area (Å²) in [7, 11) is 1.33. The predicted molar refractivity (Wildman–Crippen MR) is 61.9 cm³/mol. The zero-order valence-corrected chi connectivity index (χ0v) is 9.78. The molecule has 0 bridgehead atoms. The Morgan fingerprint density at radius 2 is 2.31 bits per heavy atom. The lowest BCUT2D eigenvalue weighted by Gasteiger charge is -1.98. The summed E-state index contributed by atoms with van der Waals surface area (Å²) in [5, 5.41) is 0. The second-order valence-electron chi connectivity index (χ2n) is 3.82. The molecule has 0 amide bonds. The van der Waals surface area contributed by atoms with Gasteiger partial charge >= 0.3 is 5.97 Å². The van der Waals surface area contributed by atoms with E-state index >= 15 is 0 Å². The van der Waals surface area contributed by atoms with Crippen molar-refractivity contribution >= 4 is 5.97 Å². The van der Waals surface area contributed by atoms with E-state index in [1.165, 1.54) is 7.11 Å². The molecule has 3 heteroatoms. The highest BCUT2D eigenvalue weighted by molar-refractivity contribution is 5.87. The first-order chi connectivity index (χ1) is 7.63. The number of methoxy groups -OCH3 is 1. The summed E-state index contributed by atoms with van der Waals surface area (Å²) in [6.45, 7) is 4.22. The fraction of sp³-hybridized carbons (Fsp3) is 0.385. The molecule has 0 saturated carbocycles. The maximum absolute atomic E-state index is 11.2. The van der Waals surface area contributed by atoms with Crippen molar-refractivity contribution in [3.63, 3.8) is 0 Å². The van der Waals surface area contributed by atoms with E-state index in [4.69, 9.17) is 0 Å². The van der Waals surface area contributed by atoms with Gasteiger partial charge in [0.2, 0.25) is 0 Å². The molecule has 0 aliphatic carbocycles. The topological polar surface area (TPSA) is 39.2 Å². The van der Waals surface area contributed by atoms with Crippen LogP contribution in [-0.4, -0.2) is 18.1 Å². The molecule has 16 heavy (non-hydrogen) atoms. The van der Waals surface area contributed by atoms with E-state index in [-0.39, 0.29) is 0 Å². The third-order valence-corrected chi connectivity index (χ3v) is 1.90. The van der Waals surface area contributed by atoms with Gasteiger partial charge in [0.15, 0.2) is 0 Å². The molecule has 0 unspecified atom stereocenters. The highest BCUT2D eigenvalue weighted by Gasteiger charge is 2.05. The minimum Gasteiger partial charge on any atom is -0.464 e. The molecule has 0 aliphatic heterocycles. The van der Waals surface area contributed by atoms with Crippen LogP contribution in [-0.2, 0) is 4.74 Å². The third kappa shape index (κ3) is 3.74. The maximum Gasteiger partial charge on any atom is 0.356 e. The Balaban J connectivity index is 2.81. The van der Waals surface area contributed by atoms with Crippen LogP contribution < -0.4 is 0 Å². The molecule has 3 nitrogen and oxygen atoms in total. The highest BCUT2D eigenvalue weighted by Crippen LogP contribution is 2.03. The van der Waals surface area contributed by atoms with Crippen molar-refractivity contribution in [3.8, 4) is 11.8 Å². The SMILES string of the molecule is COC(=O)c1cc(C#CCC(C)C)ccn1. The van der Waals surface area contributed by atoms with Crippen molar-refractivity contribution in [3.05, 3.63) is 29.6 Å². The first-order valence-electron chi connectivity index (χ1n) is 5.16. The molecule has 0 spiro atoms. The molecule has 0 saturated heterocycles. The van der Waals surface area contributed by atoms with Gasteiger partial charge in [0.05, 0.1) is 7.11 Å². The molecule has 0 aromatic carbocycles. The van der Waals surface area contributed by atoms with Gasteiger partial charge in [-0.1, -0.05) is 25.7 Å². The molecule has 0 fully saturated rings. The van der Waals surface area contributed by atoms with Crippen molar-refractivity contribution in [2.24, 2.45) is 5.92 Å². The summed E-state index contributed by atoms with van der Waals surface area (Å²) in [5.41, 5.74) is 1.08. The molecule has 0 radical (unpaired) electrons. The van der Waals surface area contributed by atoms with E-state index < -0.39 is 5.97 Å². The van der Waals surface area contributed by atoms with Gasteiger partial charge in [-0.3, -0.25) is 0 Å². The number of hydrogen-bond acceptors (Lipinski definition) is 3. The van der Waals surface area contributed by atoms with Crippen molar-refractivity contribution in [1.29, 1.82) is 0 Å². The minimum absolute atomic E-state index is 0.291. The van der Waals surface area contributed by atoms with E-state index in [1.807, 2.05) is 0 Å². The van der Waals surface area contributed by atoms with Gasteiger partial charge in [-0.2, -0.15) is 0 Å². The van der Waals surface area contributed by atoms with Crippen LogP contribution in [0.4, 0.5) is 0 Å². The van der Waals surface area contributed by atoms with Gasteiger partial charge < -0.3 is 4.74 Å². The van der Waals surface area contributed by atoms with Crippen molar-refractivity contribution in [2.45, 2.75) is 20.3 Å². The zero-order valence-electron chi connectivity index (χ0n) is 9.78. The van der Waals surface area contributed by atoms with Crippen LogP contribution in [0.1, 0.15) is 36.3 Å². The number of esters is 1. The highest BCUT2D eigenvalue weighted by atomic mass is 16.5. The Bertz CT molecular complexity index is 427. The van der Waals surface area contributed by atoms with E-state index in [1.54, 1.807) is 18.3 Å². The van der Waals surface area contributed by atoms with Crippen LogP contribution in [0.2, 0.25) is 0 Å². The average molecular weight is 217 g/mol. The standard InChI is InChI=1S/C13H15NO2/c1-10(2)5-4-6-11-7-8-14-12(9-11)13(15)16-3/h7-10H,5H2,1-3H3. The van der Waals surface area contributed by atoms with Crippen molar-refractivity contribution < 1.29 is 9.53 Å².